The van der Waals surface area contributed by atoms with Crippen LogP contribution in [0.1, 0.15) is 51.1 Å². The molecule has 8 nitrogen and oxygen atoms in total. The molecule has 2 aliphatic rings. The fourth-order valence-corrected chi connectivity index (χ4v) is 3.68. The third kappa shape index (κ3) is 5.32. The molecule has 0 aromatic carbocycles. The first-order chi connectivity index (χ1) is 13.2. The van der Waals surface area contributed by atoms with Crippen molar-refractivity contribution in [3.63, 3.8) is 0 Å². The maximum atomic E-state index is 12.2. The number of aliphatic hydroxyl groups excluding tert-OH is 1. The van der Waals surface area contributed by atoms with Crippen molar-refractivity contribution in [3.8, 4) is 0 Å². The fraction of sp³-hybridized carbons (Fsp3) is 0.750. The Morgan fingerprint density at radius 1 is 1.21 bits per heavy atom. The number of aromatic nitrogens is 2. The topological polar surface area (TPSA) is 82.0 Å². The molecule has 3 rings (SSSR count). The highest BCUT2D eigenvalue weighted by molar-refractivity contribution is 5.68. The van der Waals surface area contributed by atoms with Gasteiger partial charge in [0.1, 0.15) is 17.2 Å². The van der Waals surface area contributed by atoms with E-state index in [0.717, 1.165) is 56.4 Å². The summed E-state index contributed by atoms with van der Waals surface area (Å²) < 4.78 is 5.45. The summed E-state index contributed by atoms with van der Waals surface area (Å²) in [6.45, 7) is 13.4. The predicted molar refractivity (Wildman–Crippen MR) is 107 cm³/mol. The quantitative estimate of drug-likeness (QED) is 0.840. The van der Waals surface area contributed by atoms with Crippen LogP contribution in [0.25, 0.3) is 0 Å². The smallest absolute Gasteiger partial charge is 0.410 e. The molecule has 0 aliphatic carbocycles. The van der Waals surface area contributed by atoms with Crippen LogP contribution >= 0.6 is 0 Å². The van der Waals surface area contributed by atoms with Crippen molar-refractivity contribution >= 4 is 11.9 Å². The number of amides is 1. The van der Waals surface area contributed by atoms with Crippen LogP contribution < -0.4 is 4.90 Å². The van der Waals surface area contributed by atoms with E-state index in [4.69, 9.17) is 4.74 Å². The first kappa shape index (κ1) is 20.8. The number of hydrogen-bond donors (Lipinski definition) is 1. The minimum Gasteiger partial charge on any atom is -0.444 e. The molecular formula is C20H33N5O3. The molecule has 1 atom stereocenters. The number of piperazine rings is 1. The van der Waals surface area contributed by atoms with E-state index in [1.54, 1.807) is 11.1 Å². The van der Waals surface area contributed by atoms with E-state index < -0.39 is 11.7 Å². The molecule has 0 bridgehead atoms. The number of fused-ring (bicyclic) bond motifs is 1. The SMILES string of the molecule is Cc1ncc2c(n1)N(CCCN1CCN(C(=O)OC(C)(C)C)CC1)CCC2O. The average Bonchev–Trinajstić information content (AvgIpc) is 2.62. The van der Waals surface area contributed by atoms with E-state index in [9.17, 15) is 9.90 Å². The van der Waals surface area contributed by atoms with Crippen LogP contribution in [0, 0.1) is 6.92 Å². The molecule has 2 aliphatic heterocycles. The number of carbonyl (C=O) groups excluding carboxylic acids is 1. The Balaban J connectivity index is 1.44. The maximum Gasteiger partial charge on any atom is 0.410 e. The Morgan fingerprint density at radius 2 is 1.93 bits per heavy atom. The van der Waals surface area contributed by atoms with Crippen LogP contribution in [-0.2, 0) is 4.74 Å². The van der Waals surface area contributed by atoms with Crippen molar-refractivity contribution in [2.75, 3.05) is 50.7 Å². The Bertz CT molecular complexity index is 683. The largest absolute Gasteiger partial charge is 0.444 e. The highest BCUT2D eigenvalue weighted by atomic mass is 16.6. The van der Waals surface area contributed by atoms with Crippen molar-refractivity contribution in [3.05, 3.63) is 17.6 Å². The van der Waals surface area contributed by atoms with E-state index in [0.29, 0.717) is 19.5 Å². The molecule has 1 unspecified atom stereocenters. The minimum absolute atomic E-state index is 0.217. The zero-order chi connectivity index (χ0) is 20.3. The van der Waals surface area contributed by atoms with Gasteiger partial charge in [-0.05, 0) is 47.1 Å². The monoisotopic (exact) mass is 391 g/mol. The van der Waals surface area contributed by atoms with Gasteiger partial charge in [0.15, 0.2) is 0 Å². The summed E-state index contributed by atoms with van der Waals surface area (Å²) in [6, 6.07) is 0. The van der Waals surface area contributed by atoms with Crippen molar-refractivity contribution in [1.82, 2.24) is 19.8 Å². The molecule has 1 N–H and O–H groups in total. The Kier molecular flexibility index (Phi) is 6.40. The van der Waals surface area contributed by atoms with Gasteiger partial charge in [0, 0.05) is 51.0 Å². The summed E-state index contributed by atoms with van der Waals surface area (Å²) in [6.07, 6.45) is 2.81. The molecule has 0 radical (unpaired) electrons. The number of aliphatic hydroxyl groups is 1. The Labute approximate surface area is 167 Å². The van der Waals surface area contributed by atoms with E-state index in [-0.39, 0.29) is 6.09 Å². The second-order valence-corrected chi connectivity index (χ2v) is 8.65. The minimum atomic E-state index is -0.465. The number of hydrogen-bond acceptors (Lipinski definition) is 7. The van der Waals surface area contributed by atoms with Gasteiger partial charge in [0.25, 0.3) is 0 Å². The molecule has 0 spiro atoms. The van der Waals surface area contributed by atoms with E-state index >= 15 is 0 Å². The lowest BCUT2D eigenvalue weighted by Gasteiger charge is -2.36. The van der Waals surface area contributed by atoms with Crippen molar-refractivity contribution < 1.29 is 14.6 Å². The lowest BCUT2D eigenvalue weighted by molar-refractivity contribution is 0.0145. The lowest BCUT2D eigenvalue weighted by Crippen LogP contribution is -2.50. The number of nitrogens with zero attached hydrogens (tertiary/aromatic N) is 5. The molecular weight excluding hydrogens is 358 g/mol. The van der Waals surface area contributed by atoms with Gasteiger partial charge in [-0.3, -0.25) is 4.90 Å². The molecule has 28 heavy (non-hydrogen) atoms. The summed E-state index contributed by atoms with van der Waals surface area (Å²) in [5.41, 5.74) is 0.386. The molecule has 1 amide bonds. The number of rotatable bonds is 4. The van der Waals surface area contributed by atoms with Gasteiger partial charge in [0.2, 0.25) is 0 Å². The third-order valence-corrected chi connectivity index (χ3v) is 5.17. The van der Waals surface area contributed by atoms with E-state index in [1.165, 1.54) is 0 Å². The van der Waals surface area contributed by atoms with E-state index in [1.807, 2.05) is 27.7 Å². The first-order valence-corrected chi connectivity index (χ1v) is 10.2. The molecule has 1 aromatic rings. The van der Waals surface area contributed by atoms with Crippen molar-refractivity contribution in [2.45, 2.75) is 52.2 Å². The van der Waals surface area contributed by atoms with Gasteiger partial charge >= 0.3 is 6.09 Å². The molecule has 1 fully saturated rings. The lowest BCUT2D eigenvalue weighted by atomic mass is 10.0. The van der Waals surface area contributed by atoms with Crippen LogP contribution in [0.3, 0.4) is 0 Å². The fourth-order valence-electron chi connectivity index (χ4n) is 3.68. The molecule has 1 aromatic heterocycles. The van der Waals surface area contributed by atoms with Crippen LogP contribution in [0.4, 0.5) is 10.6 Å². The molecule has 3 heterocycles. The van der Waals surface area contributed by atoms with Crippen LogP contribution in [0.5, 0.6) is 0 Å². The molecule has 1 saturated heterocycles. The van der Waals surface area contributed by atoms with Crippen molar-refractivity contribution in [1.29, 1.82) is 0 Å². The van der Waals surface area contributed by atoms with Gasteiger partial charge in [-0.1, -0.05) is 0 Å². The number of ether oxygens (including phenoxy) is 1. The van der Waals surface area contributed by atoms with Gasteiger partial charge in [-0.2, -0.15) is 0 Å². The third-order valence-electron chi connectivity index (χ3n) is 5.17. The molecule has 0 saturated carbocycles. The van der Waals surface area contributed by atoms with Gasteiger partial charge < -0.3 is 19.6 Å². The number of carbonyl (C=O) groups is 1. The Morgan fingerprint density at radius 3 is 2.61 bits per heavy atom. The highest BCUT2D eigenvalue weighted by Gasteiger charge is 2.27. The zero-order valence-corrected chi connectivity index (χ0v) is 17.5. The number of aryl methyl sites for hydroxylation is 1. The molecule has 8 heteroatoms. The predicted octanol–water partition coefficient (Wildman–Crippen LogP) is 1.97. The second kappa shape index (κ2) is 8.61. The van der Waals surface area contributed by atoms with E-state index in [2.05, 4.69) is 19.8 Å². The standard InChI is InChI=1S/C20H33N5O3/c1-15-21-14-16-17(26)6-9-24(18(16)22-15)8-5-7-23-10-12-25(13-11-23)19(27)28-20(2,3)4/h14,17,26H,5-13H2,1-4H3. The maximum absolute atomic E-state index is 12.2. The second-order valence-electron chi connectivity index (χ2n) is 8.65. The zero-order valence-electron chi connectivity index (χ0n) is 17.5. The van der Waals surface area contributed by atoms with Gasteiger partial charge in [-0.25, -0.2) is 14.8 Å². The summed E-state index contributed by atoms with van der Waals surface area (Å²) >= 11 is 0. The summed E-state index contributed by atoms with van der Waals surface area (Å²) in [4.78, 5) is 27.4. The first-order valence-electron chi connectivity index (χ1n) is 10.2. The highest BCUT2D eigenvalue weighted by Crippen LogP contribution is 2.31. The summed E-state index contributed by atoms with van der Waals surface area (Å²) in [5.74, 6) is 1.61. The van der Waals surface area contributed by atoms with Gasteiger partial charge in [0.05, 0.1) is 6.10 Å². The van der Waals surface area contributed by atoms with Gasteiger partial charge in [-0.15, -0.1) is 0 Å². The Hall–Kier alpha value is -1.93. The normalized spacial score (nSPS) is 20.8. The van der Waals surface area contributed by atoms with Crippen molar-refractivity contribution in [2.24, 2.45) is 0 Å². The summed E-state index contributed by atoms with van der Waals surface area (Å²) in [5, 5.41) is 10.2. The van der Waals surface area contributed by atoms with Crippen LogP contribution in [0.2, 0.25) is 0 Å². The number of anilines is 1. The average molecular weight is 392 g/mol. The van der Waals surface area contributed by atoms with Crippen LogP contribution in [-0.4, -0.2) is 82.4 Å². The molecule has 156 valence electrons. The van der Waals surface area contributed by atoms with Crippen LogP contribution in [0.15, 0.2) is 6.20 Å². The summed E-state index contributed by atoms with van der Waals surface area (Å²) in [7, 11) is 0.